The number of hydrogen-bond donors (Lipinski definition) is 1. The fraction of sp³-hybridized carbons (Fsp3) is 0.529. The Kier molecular flexibility index (Phi) is 7.84. The molecule has 0 bridgehead atoms. The van der Waals surface area contributed by atoms with E-state index in [2.05, 4.69) is 45.0 Å². The highest BCUT2D eigenvalue weighted by Crippen LogP contribution is 2.40. The highest BCUT2D eigenvalue weighted by molar-refractivity contribution is 5.86. The third kappa shape index (κ3) is 5.69. The molecule has 1 aliphatic carbocycles. The Morgan fingerprint density at radius 1 is 1.07 bits per heavy atom. The molecule has 5 rings (SSSR count). The van der Waals surface area contributed by atoms with E-state index < -0.39 is 11.2 Å². The average Bonchev–Trinajstić information content (AvgIpc) is 2.92. The molecule has 2 atom stereocenters. The number of hydrogen-bond acceptors (Lipinski definition) is 5. The zero-order valence-electron chi connectivity index (χ0n) is 24.6. The molecule has 1 N–H and O–H groups in total. The molecule has 2 aliphatic rings. The molecule has 1 aromatic heterocycles. The van der Waals surface area contributed by atoms with Crippen molar-refractivity contribution in [2.45, 2.75) is 97.2 Å². The molecule has 2 heterocycles. The summed E-state index contributed by atoms with van der Waals surface area (Å²) in [6.07, 6.45) is 5.24. The van der Waals surface area contributed by atoms with E-state index in [-0.39, 0.29) is 23.7 Å². The number of piperidine rings is 1. The van der Waals surface area contributed by atoms with E-state index in [0.717, 1.165) is 47.8 Å². The zero-order chi connectivity index (χ0) is 28.7. The molecule has 2 aromatic carbocycles. The number of aryl methyl sites for hydroxylation is 2. The summed E-state index contributed by atoms with van der Waals surface area (Å²) in [7, 11) is 0. The number of fused-ring (bicyclic) bond motifs is 2. The second-order valence-corrected chi connectivity index (χ2v) is 12.9. The minimum absolute atomic E-state index is 0.0435. The topological polar surface area (TPSA) is 80.0 Å². The van der Waals surface area contributed by atoms with Crippen molar-refractivity contribution in [2.24, 2.45) is 5.92 Å². The lowest BCUT2D eigenvalue weighted by atomic mass is 9.71. The van der Waals surface area contributed by atoms with Crippen LogP contribution in [-0.2, 0) is 23.2 Å². The van der Waals surface area contributed by atoms with Crippen LogP contribution in [0.2, 0.25) is 0 Å². The lowest BCUT2D eigenvalue weighted by Crippen LogP contribution is -2.54. The first-order valence-corrected chi connectivity index (χ1v) is 14.7. The highest BCUT2D eigenvalue weighted by Gasteiger charge is 2.43. The molecule has 0 spiro atoms. The Labute approximate surface area is 237 Å². The maximum Gasteiger partial charge on any atom is 0.339 e. The average molecular weight is 546 g/mol. The van der Waals surface area contributed by atoms with Gasteiger partial charge in [0.1, 0.15) is 17.9 Å². The molecule has 2 fully saturated rings. The predicted molar refractivity (Wildman–Crippen MR) is 158 cm³/mol. The molecule has 6 nitrogen and oxygen atoms in total. The van der Waals surface area contributed by atoms with Crippen molar-refractivity contribution in [2.75, 3.05) is 13.1 Å². The van der Waals surface area contributed by atoms with Crippen LogP contribution < -0.4 is 10.4 Å². The normalized spacial score (nSPS) is 21.4. The van der Waals surface area contributed by atoms with Gasteiger partial charge in [-0.1, -0.05) is 57.9 Å². The summed E-state index contributed by atoms with van der Waals surface area (Å²) < 4.78 is 11.9. The first kappa shape index (κ1) is 28.4. The van der Waals surface area contributed by atoms with Gasteiger partial charge in [-0.3, -0.25) is 4.79 Å². The van der Waals surface area contributed by atoms with Crippen molar-refractivity contribution < 1.29 is 19.1 Å². The summed E-state index contributed by atoms with van der Waals surface area (Å²) >= 11 is 0. The third-order valence-electron chi connectivity index (χ3n) is 9.24. The number of amides is 1. The fourth-order valence-electron chi connectivity index (χ4n) is 6.47. The van der Waals surface area contributed by atoms with E-state index >= 15 is 0 Å². The standard InChI is InChI=1S/C34H43NO5/c1-22-27-13-15-29(39-21-24-9-11-25(12-10-24)33(3,4)5)23(2)31(27)40-32(37)28(22)14-16-30(36)35-19-18-34(38)17-7-6-8-26(34)20-35/h9-13,15,26,38H,6-8,14,16-21H2,1-5H3/t26-,34-/m1/s1. The Morgan fingerprint density at radius 3 is 2.55 bits per heavy atom. The second kappa shape index (κ2) is 11.0. The van der Waals surface area contributed by atoms with Gasteiger partial charge < -0.3 is 19.2 Å². The number of aliphatic hydroxyl groups is 1. The van der Waals surface area contributed by atoms with Crippen LogP contribution in [0.15, 0.2) is 45.6 Å². The first-order chi connectivity index (χ1) is 19.0. The number of carbonyl (C=O) groups excluding carboxylic acids is 1. The summed E-state index contributed by atoms with van der Waals surface area (Å²) in [5, 5.41) is 11.8. The maximum absolute atomic E-state index is 13.1. The van der Waals surface area contributed by atoms with Crippen molar-refractivity contribution in [3.05, 3.63) is 74.6 Å². The lowest BCUT2D eigenvalue weighted by molar-refractivity contribution is -0.143. The monoisotopic (exact) mass is 545 g/mol. The van der Waals surface area contributed by atoms with Crippen molar-refractivity contribution in [3.63, 3.8) is 0 Å². The summed E-state index contributed by atoms with van der Waals surface area (Å²) in [5.74, 6) is 0.890. The van der Waals surface area contributed by atoms with Crippen LogP contribution >= 0.6 is 0 Å². The molecule has 0 unspecified atom stereocenters. The predicted octanol–water partition coefficient (Wildman–Crippen LogP) is 6.37. The third-order valence-corrected chi connectivity index (χ3v) is 9.24. The van der Waals surface area contributed by atoms with Crippen LogP contribution in [0.5, 0.6) is 5.75 Å². The van der Waals surface area contributed by atoms with E-state index in [1.54, 1.807) is 0 Å². The summed E-state index contributed by atoms with van der Waals surface area (Å²) in [5.41, 5.74) is 4.19. The van der Waals surface area contributed by atoms with E-state index in [4.69, 9.17) is 9.15 Å². The van der Waals surface area contributed by atoms with E-state index in [0.29, 0.717) is 49.4 Å². The molecule has 0 radical (unpaired) electrons. The van der Waals surface area contributed by atoms with Crippen LogP contribution in [0.25, 0.3) is 11.0 Å². The van der Waals surface area contributed by atoms with Gasteiger partial charge in [-0.15, -0.1) is 0 Å². The van der Waals surface area contributed by atoms with Crippen molar-refractivity contribution in [1.29, 1.82) is 0 Å². The summed E-state index contributed by atoms with van der Waals surface area (Å²) in [4.78, 5) is 28.0. The van der Waals surface area contributed by atoms with E-state index in [9.17, 15) is 14.7 Å². The van der Waals surface area contributed by atoms with Gasteiger partial charge >= 0.3 is 5.63 Å². The van der Waals surface area contributed by atoms with Gasteiger partial charge in [0, 0.05) is 41.9 Å². The summed E-state index contributed by atoms with van der Waals surface area (Å²) in [6.45, 7) is 12.1. The number of nitrogens with zero attached hydrogens (tertiary/aromatic N) is 1. The molecule has 1 aliphatic heterocycles. The van der Waals surface area contributed by atoms with Gasteiger partial charge in [0.2, 0.25) is 5.91 Å². The molecule has 1 saturated heterocycles. The molecule has 214 valence electrons. The van der Waals surface area contributed by atoms with Gasteiger partial charge in [0.25, 0.3) is 0 Å². The minimum atomic E-state index is -0.609. The summed E-state index contributed by atoms with van der Waals surface area (Å²) in [6, 6.07) is 12.3. The van der Waals surface area contributed by atoms with Crippen LogP contribution in [0.1, 0.15) is 87.1 Å². The van der Waals surface area contributed by atoms with Crippen molar-refractivity contribution in [1.82, 2.24) is 4.90 Å². The number of benzene rings is 2. The largest absolute Gasteiger partial charge is 0.488 e. The molecule has 40 heavy (non-hydrogen) atoms. The second-order valence-electron chi connectivity index (χ2n) is 12.9. The number of rotatable bonds is 6. The number of carbonyl (C=O) groups is 1. The zero-order valence-corrected chi connectivity index (χ0v) is 24.6. The maximum atomic E-state index is 13.1. The first-order valence-electron chi connectivity index (χ1n) is 14.7. The minimum Gasteiger partial charge on any atom is -0.488 e. The Hall–Kier alpha value is -3.12. The molecule has 1 saturated carbocycles. The highest BCUT2D eigenvalue weighted by atomic mass is 16.5. The van der Waals surface area contributed by atoms with Gasteiger partial charge in [-0.2, -0.15) is 0 Å². The Morgan fingerprint density at radius 2 is 1.82 bits per heavy atom. The van der Waals surface area contributed by atoms with Crippen molar-refractivity contribution in [3.8, 4) is 5.75 Å². The SMILES string of the molecule is Cc1c(CCC(=O)N2CC[C@]3(O)CCCC[C@@H]3C2)c(=O)oc2c(C)c(OCc3ccc(C(C)(C)C)cc3)ccc12. The van der Waals surface area contributed by atoms with Crippen LogP contribution in [-0.4, -0.2) is 34.6 Å². The molecule has 3 aromatic rings. The molecule has 1 amide bonds. The van der Waals surface area contributed by atoms with Gasteiger partial charge in [-0.25, -0.2) is 4.79 Å². The fourth-order valence-corrected chi connectivity index (χ4v) is 6.47. The molecular weight excluding hydrogens is 502 g/mol. The Bertz CT molecular complexity index is 1450. The van der Waals surface area contributed by atoms with Crippen LogP contribution in [0.4, 0.5) is 0 Å². The van der Waals surface area contributed by atoms with Crippen molar-refractivity contribution >= 4 is 16.9 Å². The van der Waals surface area contributed by atoms with Gasteiger partial charge in [0.15, 0.2) is 0 Å². The molecule has 6 heteroatoms. The number of likely N-dealkylation sites (tertiary alicyclic amines) is 1. The van der Waals surface area contributed by atoms with Gasteiger partial charge in [0.05, 0.1) is 5.60 Å². The Balaban J connectivity index is 1.26. The lowest BCUT2D eigenvalue weighted by Gasteiger charge is -2.47. The van der Waals surface area contributed by atoms with Crippen LogP contribution in [0, 0.1) is 19.8 Å². The van der Waals surface area contributed by atoms with E-state index in [1.807, 2.05) is 30.9 Å². The van der Waals surface area contributed by atoms with Gasteiger partial charge in [-0.05, 0) is 73.8 Å². The van der Waals surface area contributed by atoms with Crippen LogP contribution in [0.3, 0.4) is 0 Å². The number of ether oxygens (including phenoxy) is 1. The van der Waals surface area contributed by atoms with E-state index in [1.165, 1.54) is 5.56 Å². The quantitative estimate of drug-likeness (QED) is 0.364. The molecular formula is C34H43NO5. The smallest absolute Gasteiger partial charge is 0.339 e.